The Morgan fingerprint density at radius 1 is 1.19 bits per heavy atom. The van der Waals surface area contributed by atoms with E-state index in [9.17, 15) is 10.2 Å². The summed E-state index contributed by atoms with van der Waals surface area (Å²) in [5.41, 5.74) is 0.761. The molecule has 2 N–H and O–H groups in total. The highest BCUT2D eigenvalue weighted by Gasteiger charge is 2.17. The average Bonchev–Trinajstić information content (AvgIpc) is 2.23. The predicted molar refractivity (Wildman–Crippen MR) is 67.1 cm³/mol. The van der Waals surface area contributed by atoms with Gasteiger partial charge in [-0.15, -0.1) is 0 Å². The van der Waals surface area contributed by atoms with Crippen LogP contribution in [0.4, 0.5) is 0 Å². The summed E-state index contributed by atoms with van der Waals surface area (Å²) in [6, 6.07) is 5.10. The van der Waals surface area contributed by atoms with Crippen molar-refractivity contribution in [3.05, 3.63) is 33.8 Å². The molecule has 0 saturated carbocycles. The minimum atomic E-state index is -0.795. The third-order valence-corrected chi connectivity index (χ3v) is 3.07. The van der Waals surface area contributed by atoms with Gasteiger partial charge in [-0.25, -0.2) is 0 Å². The van der Waals surface area contributed by atoms with E-state index in [0.29, 0.717) is 22.9 Å². The Balaban J connectivity index is 2.68. The fourth-order valence-corrected chi connectivity index (χ4v) is 1.94. The quantitative estimate of drug-likeness (QED) is 0.857. The maximum absolute atomic E-state index is 9.77. The Hall–Kier alpha value is -0.280. The zero-order valence-electron chi connectivity index (χ0n) is 9.16. The van der Waals surface area contributed by atoms with Gasteiger partial charge in [0.25, 0.3) is 0 Å². The molecular weight excluding hydrogens is 247 g/mol. The van der Waals surface area contributed by atoms with E-state index in [0.717, 1.165) is 12.0 Å². The van der Waals surface area contributed by atoms with Crippen molar-refractivity contribution in [2.75, 3.05) is 0 Å². The number of aliphatic hydroxyl groups excluding tert-OH is 2. The van der Waals surface area contributed by atoms with Crippen LogP contribution in [0.15, 0.2) is 18.2 Å². The predicted octanol–water partition coefficient (Wildman–Crippen LogP) is 3.06. The van der Waals surface area contributed by atoms with Crippen molar-refractivity contribution in [3.63, 3.8) is 0 Å². The second kappa shape index (κ2) is 6.45. The molecule has 0 bridgehead atoms. The van der Waals surface area contributed by atoms with Crippen LogP contribution in [0.25, 0.3) is 0 Å². The van der Waals surface area contributed by atoms with Crippen LogP contribution in [-0.4, -0.2) is 22.4 Å². The molecule has 0 fully saturated rings. The summed E-state index contributed by atoms with van der Waals surface area (Å²) in [6.07, 6.45) is 0.234. The molecule has 16 heavy (non-hydrogen) atoms. The topological polar surface area (TPSA) is 40.5 Å². The zero-order chi connectivity index (χ0) is 12.1. The van der Waals surface area contributed by atoms with Gasteiger partial charge in [-0.05, 0) is 30.2 Å². The van der Waals surface area contributed by atoms with Gasteiger partial charge in [0.05, 0.1) is 12.2 Å². The van der Waals surface area contributed by atoms with E-state index < -0.39 is 12.2 Å². The van der Waals surface area contributed by atoms with Gasteiger partial charge in [0.15, 0.2) is 0 Å². The summed E-state index contributed by atoms with van der Waals surface area (Å²) in [7, 11) is 0. The fourth-order valence-electron chi connectivity index (χ4n) is 1.55. The van der Waals surface area contributed by atoms with Crippen molar-refractivity contribution < 1.29 is 10.2 Å². The van der Waals surface area contributed by atoms with Gasteiger partial charge in [0.2, 0.25) is 0 Å². The number of rotatable bonds is 5. The van der Waals surface area contributed by atoms with Crippen LogP contribution >= 0.6 is 23.2 Å². The van der Waals surface area contributed by atoms with E-state index in [1.807, 2.05) is 6.92 Å². The van der Waals surface area contributed by atoms with Crippen LogP contribution in [0.2, 0.25) is 10.0 Å². The van der Waals surface area contributed by atoms with E-state index in [1.165, 1.54) is 0 Å². The largest absolute Gasteiger partial charge is 0.390 e. The summed E-state index contributed by atoms with van der Waals surface area (Å²) in [5.74, 6) is 0. The van der Waals surface area contributed by atoms with Gasteiger partial charge in [-0.1, -0.05) is 36.5 Å². The summed E-state index contributed by atoms with van der Waals surface area (Å²) < 4.78 is 0. The first-order valence-corrected chi connectivity index (χ1v) is 6.10. The highest BCUT2D eigenvalue weighted by Crippen LogP contribution is 2.22. The van der Waals surface area contributed by atoms with E-state index in [4.69, 9.17) is 23.2 Å². The first kappa shape index (κ1) is 13.8. The Morgan fingerprint density at radius 2 is 1.88 bits per heavy atom. The van der Waals surface area contributed by atoms with Gasteiger partial charge in [-0.3, -0.25) is 0 Å². The minimum Gasteiger partial charge on any atom is -0.390 e. The Labute approximate surface area is 106 Å². The molecule has 2 unspecified atom stereocenters. The molecule has 1 rings (SSSR count). The molecule has 0 radical (unpaired) electrons. The second-order valence-electron chi connectivity index (χ2n) is 3.86. The van der Waals surface area contributed by atoms with Crippen LogP contribution in [-0.2, 0) is 6.42 Å². The lowest BCUT2D eigenvalue weighted by Gasteiger charge is -2.17. The molecule has 4 heteroatoms. The number of halogens is 2. The Morgan fingerprint density at radius 3 is 2.50 bits per heavy atom. The van der Waals surface area contributed by atoms with E-state index in [-0.39, 0.29) is 0 Å². The number of benzene rings is 1. The summed E-state index contributed by atoms with van der Waals surface area (Å²) in [5, 5.41) is 20.5. The van der Waals surface area contributed by atoms with Gasteiger partial charge in [0, 0.05) is 16.5 Å². The number of hydrogen-bond acceptors (Lipinski definition) is 2. The summed E-state index contributed by atoms with van der Waals surface area (Å²) >= 11 is 11.8. The lowest BCUT2D eigenvalue weighted by molar-refractivity contribution is 0.0148. The van der Waals surface area contributed by atoms with Gasteiger partial charge in [0.1, 0.15) is 0 Å². The van der Waals surface area contributed by atoms with Crippen molar-refractivity contribution in [1.29, 1.82) is 0 Å². The fraction of sp³-hybridized carbons (Fsp3) is 0.500. The Kier molecular flexibility index (Phi) is 5.56. The van der Waals surface area contributed by atoms with E-state index >= 15 is 0 Å². The summed E-state index contributed by atoms with van der Waals surface area (Å²) in [6.45, 7) is 1.96. The molecule has 0 aromatic heterocycles. The molecule has 0 amide bonds. The van der Waals surface area contributed by atoms with Gasteiger partial charge >= 0.3 is 0 Å². The summed E-state index contributed by atoms with van der Waals surface area (Å²) in [4.78, 5) is 0. The molecule has 0 aliphatic carbocycles. The highest BCUT2D eigenvalue weighted by atomic mass is 35.5. The molecule has 0 aliphatic rings. The van der Waals surface area contributed by atoms with Gasteiger partial charge in [-0.2, -0.15) is 0 Å². The van der Waals surface area contributed by atoms with Crippen LogP contribution in [0.1, 0.15) is 25.3 Å². The average molecular weight is 263 g/mol. The molecule has 1 aromatic carbocycles. The molecule has 0 spiro atoms. The first-order chi connectivity index (χ1) is 7.54. The molecule has 2 atom stereocenters. The van der Waals surface area contributed by atoms with Crippen LogP contribution in [0.5, 0.6) is 0 Å². The molecule has 1 aromatic rings. The van der Waals surface area contributed by atoms with Gasteiger partial charge < -0.3 is 10.2 Å². The van der Waals surface area contributed by atoms with Crippen LogP contribution in [0, 0.1) is 0 Å². The standard InChI is InChI=1S/C12H16Cl2O2/c1-2-3-11(15)12(16)7-8-6-9(13)4-5-10(8)14/h4-6,11-12,15-16H,2-3,7H2,1H3. The van der Waals surface area contributed by atoms with Crippen molar-refractivity contribution >= 4 is 23.2 Å². The normalized spacial score (nSPS) is 14.8. The monoisotopic (exact) mass is 262 g/mol. The molecule has 2 nitrogen and oxygen atoms in total. The number of hydrogen-bond donors (Lipinski definition) is 2. The second-order valence-corrected chi connectivity index (χ2v) is 4.71. The third kappa shape index (κ3) is 3.95. The Bertz CT molecular complexity index is 342. The maximum atomic E-state index is 9.77. The lowest BCUT2D eigenvalue weighted by Crippen LogP contribution is -2.27. The molecule has 90 valence electrons. The van der Waals surface area contributed by atoms with Crippen molar-refractivity contribution in [3.8, 4) is 0 Å². The maximum Gasteiger partial charge on any atom is 0.0839 e. The van der Waals surface area contributed by atoms with Crippen LogP contribution in [0.3, 0.4) is 0 Å². The van der Waals surface area contributed by atoms with Crippen molar-refractivity contribution in [1.82, 2.24) is 0 Å². The smallest absolute Gasteiger partial charge is 0.0839 e. The lowest BCUT2D eigenvalue weighted by atomic mass is 10.0. The SMILES string of the molecule is CCCC(O)C(O)Cc1cc(Cl)ccc1Cl. The molecular formula is C12H16Cl2O2. The van der Waals surface area contributed by atoms with E-state index in [2.05, 4.69) is 0 Å². The van der Waals surface area contributed by atoms with Crippen LogP contribution < -0.4 is 0 Å². The highest BCUT2D eigenvalue weighted by molar-refractivity contribution is 6.33. The zero-order valence-corrected chi connectivity index (χ0v) is 10.7. The molecule has 0 heterocycles. The van der Waals surface area contributed by atoms with Crippen molar-refractivity contribution in [2.24, 2.45) is 0 Å². The van der Waals surface area contributed by atoms with Crippen molar-refractivity contribution in [2.45, 2.75) is 38.4 Å². The minimum absolute atomic E-state index is 0.320. The molecule has 0 saturated heterocycles. The van der Waals surface area contributed by atoms with E-state index in [1.54, 1.807) is 18.2 Å². The third-order valence-electron chi connectivity index (χ3n) is 2.47. The first-order valence-electron chi connectivity index (χ1n) is 5.34. The number of aliphatic hydroxyl groups is 2. The molecule has 0 aliphatic heterocycles.